The van der Waals surface area contributed by atoms with Crippen LogP contribution in [0.2, 0.25) is 0 Å². The van der Waals surface area contributed by atoms with E-state index in [1.165, 1.54) is 11.3 Å². The SMILES string of the molecule is CC1CN(c2cnccc2CCl)CC1N(C)C. The lowest BCUT2D eigenvalue weighted by atomic mass is 10.1. The van der Waals surface area contributed by atoms with E-state index in [-0.39, 0.29) is 0 Å². The molecule has 1 fully saturated rings. The highest BCUT2D eigenvalue weighted by Gasteiger charge is 2.31. The van der Waals surface area contributed by atoms with Crippen molar-refractivity contribution in [3.05, 3.63) is 24.0 Å². The first-order valence-corrected chi connectivity index (χ1v) is 6.57. The molecule has 1 aromatic rings. The number of hydrogen-bond donors (Lipinski definition) is 0. The second-order valence-electron chi connectivity index (χ2n) is 5.05. The van der Waals surface area contributed by atoms with Gasteiger partial charge in [0.15, 0.2) is 0 Å². The highest BCUT2D eigenvalue weighted by molar-refractivity contribution is 6.17. The molecule has 0 aromatic carbocycles. The summed E-state index contributed by atoms with van der Waals surface area (Å²) in [7, 11) is 4.30. The number of alkyl halides is 1. The van der Waals surface area contributed by atoms with Crippen molar-refractivity contribution < 1.29 is 0 Å². The smallest absolute Gasteiger partial charge is 0.0598 e. The summed E-state index contributed by atoms with van der Waals surface area (Å²) in [5.41, 5.74) is 2.37. The largest absolute Gasteiger partial charge is 0.368 e. The highest BCUT2D eigenvalue weighted by Crippen LogP contribution is 2.28. The van der Waals surface area contributed by atoms with Crippen molar-refractivity contribution in [1.82, 2.24) is 9.88 Å². The van der Waals surface area contributed by atoms with Crippen molar-refractivity contribution in [3.63, 3.8) is 0 Å². The third kappa shape index (κ3) is 2.55. The summed E-state index contributed by atoms with van der Waals surface area (Å²) in [6.07, 6.45) is 3.74. The molecule has 2 rings (SSSR count). The van der Waals surface area contributed by atoms with Gasteiger partial charge in [0.05, 0.1) is 11.9 Å². The normalized spacial score (nSPS) is 24.6. The lowest BCUT2D eigenvalue weighted by Crippen LogP contribution is -2.34. The van der Waals surface area contributed by atoms with Crippen LogP contribution in [0.5, 0.6) is 0 Å². The Morgan fingerprint density at radius 2 is 2.24 bits per heavy atom. The molecule has 0 spiro atoms. The molecule has 1 aromatic heterocycles. The third-order valence-electron chi connectivity index (χ3n) is 3.61. The zero-order chi connectivity index (χ0) is 12.4. The number of hydrogen-bond acceptors (Lipinski definition) is 3. The van der Waals surface area contributed by atoms with E-state index in [1.807, 2.05) is 18.5 Å². The summed E-state index contributed by atoms with van der Waals surface area (Å²) >= 11 is 5.98. The quantitative estimate of drug-likeness (QED) is 0.770. The number of likely N-dealkylation sites (N-methyl/N-ethyl adjacent to an activating group) is 1. The lowest BCUT2D eigenvalue weighted by Gasteiger charge is -2.23. The maximum absolute atomic E-state index is 5.98. The van der Waals surface area contributed by atoms with E-state index in [2.05, 4.69) is 35.8 Å². The van der Waals surface area contributed by atoms with Crippen molar-refractivity contribution in [2.24, 2.45) is 5.92 Å². The molecule has 0 saturated carbocycles. The van der Waals surface area contributed by atoms with Crippen LogP contribution in [0, 0.1) is 5.92 Å². The summed E-state index contributed by atoms with van der Waals surface area (Å²) in [5, 5.41) is 0. The molecule has 3 nitrogen and oxygen atoms in total. The monoisotopic (exact) mass is 253 g/mol. The first-order chi connectivity index (χ1) is 8.13. The van der Waals surface area contributed by atoms with Gasteiger partial charge in [-0.3, -0.25) is 4.98 Å². The van der Waals surface area contributed by atoms with Crippen molar-refractivity contribution >= 4 is 17.3 Å². The van der Waals surface area contributed by atoms with Gasteiger partial charge in [-0.1, -0.05) is 6.92 Å². The highest BCUT2D eigenvalue weighted by atomic mass is 35.5. The van der Waals surface area contributed by atoms with E-state index in [9.17, 15) is 0 Å². The Morgan fingerprint density at radius 1 is 1.47 bits per heavy atom. The minimum atomic E-state index is 0.551. The van der Waals surface area contributed by atoms with Gasteiger partial charge in [0.2, 0.25) is 0 Å². The summed E-state index contributed by atoms with van der Waals surface area (Å²) in [6, 6.07) is 2.62. The number of rotatable bonds is 3. The summed E-state index contributed by atoms with van der Waals surface area (Å²) in [6.45, 7) is 4.45. The molecule has 1 aliphatic heterocycles. The first kappa shape index (κ1) is 12.7. The van der Waals surface area contributed by atoms with Crippen LogP contribution in [0.4, 0.5) is 5.69 Å². The zero-order valence-corrected chi connectivity index (χ0v) is 11.5. The third-order valence-corrected chi connectivity index (χ3v) is 3.90. The van der Waals surface area contributed by atoms with E-state index in [4.69, 9.17) is 11.6 Å². The molecule has 0 amide bonds. The Morgan fingerprint density at radius 3 is 2.82 bits per heavy atom. The van der Waals surface area contributed by atoms with Crippen LogP contribution in [-0.4, -0.2) is 43.1 Å². The Kier molecular flexibility index (Phi) is 3.89. The average Bonchev–Trinajstić information content (AvgIpc) is 2.71. The van der Waals surface area contributed by atoms with Crippen molar-refractivity contribution in [3.8, 4) is 0 Å². The van der Waals surface area contributed by atoms with Gasteiger partial charge in [-0.05, 0) is 31.6 Å². The molecule has 2 heterocycles. The van der Waals surface area contributed by atoms with E-state index >= 15 is 0 Å². The van der Waals surface area contributed by atoms with Gasteiger partial charge in [-0.15, -0.1) is 11.6 Å². The van der Waals surface area contributed by atoms with Gasteiger partial charge >= 0.3 is 0 Å². The van der Waals surface area contributed by atoms with Crippen molar-refractivity contribution in [2.45, 2.75) is 18.8 Å². The fourth-order valence-electron chi connectivity index (χ4n) is 2.63. The molecule has 4 heteroatoms. The van der Waals surface area contributed by atoms with Crippen LogP contribution in [-0.2, 0) is 5.88 Å². The molecular weight excluding hydrogens is 234 g/mol. The predicted octanol–water partition coefficient (Wildman–Crippen LogP) is 2.21. The Balaban J connectivity index is 2.19. The maximum Gasteiger partial charge on any atom is 0.0598 e. The average molecular weight is 254 g/mol. The molecule has 94 valence electrons. The molecule has 0 radical (unpaired) electrons. The fourth-order valence-corrected chi connectivity index (χ4v) is 2.86. The second-order valence-corrected chi connectivity index (χ2v) is 5.32. The van der Waals surface area contributed by atoms with Gasteiger partial charge < -0.3 is 9.80 Å². The summed E-state index contributed by atoms with van der Waals surface area (Å²) in [4.78, 5) is 8.93. The number of nitrogens with zero attached hydrogens (tertiary/aromatic N) is 3. The molecule has 0 N–H and O–H groups in total. The van der Waals surface area contributed by atoms with Crippen LogP contribution in [0.25, 0.3) is 0 Å². The molecule has 1 saturated heterocycles. The van der Waals surface area contributed by atoms with Crippen molar-refractivity contribution in [2.75, 3.05) is 32.1 Å². The van der Waals surface area contributed by atoms with Crippen LogP contribution >= 0.6 is 11.6 Å². The van der Waals surface area contributed by atoms with Gasteiger partial charge in [0.1, 0.15) is 0 Å². The zero-order valence-electron chi connectivity index (χ0n) is 10.7. The minimum absolute atomic E-state index is 0.551. The Hall–Kier alpha value is -0.800. The van der Waals surface area contributed by atoms with E-state index < -0.39 is 0 Å². The molecule has 0 aliphatic carbocycles. The molecule has 0 bridgehead atoms. The van der Waals surface area contributed by atoms with Gasteiger partial charge in [-0.2, -0.15) is 0 Å². The van der Waals surface area contributed by atoms with Crippen LogP contribution in [0.1, 0.15) is 12.5 Å². The molecule has 2 unspecified atom stereocenters. The topological polar surface area (TPSA) is 19.4 Å². The summed E-state index contributed by atoms with van der Waals surface area (Å²) in [5.74, 6) is 1.23. The number of halogens is 1. The van der Waals surface area contributed by atoms with E-state index in [0.29, 0.717) is 17.8 Å². The van der Waals surface area contributed by atoms with E-state index in [1.54, 1.807) is 0 Å². The van der Waals surface area contributed by atoms with Gasteiger partial charge in [0, 0.05) is 31.2 Å². The fraction of sp³-hybridized carbons (Fsp3) is 0.615. The predicted molar refractivity (Wildman–Crippen MR) is 72.6 cm³/mol. The first-order valence-electron chi connectivity index (χ1n) is 6.03. The maximum atomic E-state index is 5.98. The number of pyridine rings is 1. The second kappa shape index (κ2) is 5.23. The molecule has 17 heavy (non-hydrogen) atoms. The molecule has 2 atom stereocenters. The molecule has 1 aliphatic rings. The van der Waals surface area contributed by atoms with Gasteiger partial charge in [-0.25, -0.2) is 0 Å². The molecular formula is C13H20ClN3. The Labute approximate surface area is 108 Å². The number of aromatic nitrogens is 1. The number of anilines is 1. The van der Waals surface area contributed by atoms with Crippen LogP contribution in [0.15, 0.2) is 18.5 Å². The van der Waals surface area contributed by atoms with E-state index in [0.717, 1.165) is 13.1 Å². The standard InChI is InChI=1S/C13H20ClN3/c1-10-8-17(9-13(10)16(2)3)12-7-15-5-4-11(12)6-14/h4-5,7,10,13H,6,8-9H2,1-3H3. The van der Waals surface area contributed by atoms with Crippen LogP contribution in [0.3, 0.4) is 0 Å². The minimum Gasteiger partial charge on any atom is -0.368 e. The van der Waals surface area contributed by atoms with Crippen LogP contribution < -0.4 is 4.90 Å². The van der Waals surface area contributed by atoms with Crippen molar-refractivity contribution in [1.29, 1.82) is 0 Å². The summed E-state index contributed by atoms with van der Waals surface area (Å²) < 4.78 is 0. The lowest BCUT2D eigenvalue weighted by molar-refractivity contribution is 0.266. The van der Waals surface area contributed by atoms with Gasteiger partial charge in [0.25, 0.3) is 0 Å². The Bertz CT molecular complexity index is 381.